The first-order valence-corrected chi connectivity index (χ1v) is 11.4. The minimum Gasteiger partial charge on any atom is -0.456 e. The Morgan fingerprint density at radius 1 is 1.16 bits per heavy atom. The highest BCUT2D eigenvalue weighted by atomic mass is 35.5. The monoisotopic (exact) mass is 464 g/mol. The summed E-state index contributed by atoms with van der Waals surface area (Å²) in [6.45, 7) is 1.15. The first kappa shape index (κ1) is 21.8. The molecule has 0 aliphatic carbocycles. The lowest BCUT2D eigenvalue weighted by atomic mass is 9.92. The molecule has 0 N–H and O–H groups in total. The van der Waals surface area contributed by atoms with E-state index in [1.165, 1.54) is 16.7 Å². The van der Waals surface area contributed by atoms with Gasteiger partial charge in [0.1, 0.15) is 11.4 Å². The van der Waals surface area contributed by atoms with Crippen LogP contribution in [0.2, 0.25) is 0 Å². The highest BCUT2D eigenvalue weighted by molar-refractivity contribution is 8.00. The van der Waals surface area contributed by atoms with Crippen LogP contribution in [0.15, 0.2) is 30.3 Å². The third kappa shape index (κ3) is 3.85. The zero-order chi connectivity index (χ0) is 22.3. The smallest absolute Gasteiger partial charge is 0.331 e. The highest BCUT2D eigenvalue weighted by Gasteiger charge is 2.64. The van der Waals surface area contributed by atoms with Crippen molar-refractivity contribution in [1.82, 2.24) is 9.80 Å². The summed E-state index contributed by atoms with van der Waals surface area (Å²) < 4.78 is 5.23. The van der Waals surface area contributed by atoms with Gasteiger partial charge >= 0.3 is 5.97 Å². The zero-order valence-electron chi connectivity index (χ0n) is 16.8. The van der Waals surface area contributed by atoms with Gasteiger partial charge in [0, 0.05) is 24.2 Å². The topological polar surface area (TPSA) is 101 Å². The van der Waals surface area contributed by atoms with Crippen LogP contribution in [-0.4, -0.2) is 74.0 Å². The number of carbonyl (C=O) groups is 5. The number of imide groups is 1. The van der Waals surface area contributed by atoms with Gasteiger partial charge in [-0.25, -0.2) is 4.79 Å². The summed E-state index contributed by atoms with van der Waals surface area (Å²) in [5.41, 5.74) is 0.406. The minimum absolute atomic E-state index is 0.215. The Bertz CT molecular complexity index is 936. The van der Waals surface area contributed by atoms with E-state index in [1.807, 2.05) is 0 Å². The van der Waals surface area contributed by atoms with Gasteiger partial charge in [-0.05, 0) is 13.3 Å². The zero-order valence-corrected chi connectivity index (χ0v) is 18.4. The van der Waals surface area contributed by atoms with E-state index in [9.17, 15) is 24.0 Å². The van der Waals surface area contributed by atoms with Crippen LogP contribution in [0.4, 0.5) is 0 Å². The van der Waals surface area contributed by atoms with Crippen LogP contribution in [0.25, 0.3) is 0 Å². The molecule has 4 atom stereocenters. The lowest BCUT2D eigenvalue weighted by Gasteiger charge is -2.58. The number of fused-ring (bicyclic) bond motifs is 1. The molecule has 8 nitrogen and oxygen atoms in total. The summed E-state index contributed by atoms with van der Waals surface area (Å²) in [7, 11) is 0. The van der Waals surface area contributed by atoms with Crippen LogP contribution in [0.3, 0.4) is 0 Å². The second-order valence-electron chi connectivity index (χ2n) is 7.98. The third-order valence-electron chi connectivity index (χ3n) is 5.70. The summed E-state index contributed by atoms with van der Waals surface area (Å²) in [5, 5.41) is -0.562. The van der Waals surface area contributed by atoms with Crippen molar-refractivity contribution in [3.8, 4) is 0 Å². The number of nitrogens with zero attached hydrogens (tertiary/aromatic N) is 2. The number of ether oxygens (including phenoxy) is 1. The fourth-order valence-corrected chi connectivity index (χ4v) is 5.98. The number of esters is 1. The van der Waals surface area contributed by atoms with E-state index in [-0.39, 0.29) is 30.4 Å². The molecule has 3 heterocycles. The Balaban J connectivity index is 1.49. The summed E-state index contributed by atoms with van der Waals surface area (Å²) in [4.78, 5) is 63.9. The first-order valence-electron chi connectivity index (χ1n) is 9.95. The second-order valence-corrected chi connectivity index (χ2v) is 9.95. The van der Waals surface area contributed by atoms with Crippen molar-refractivity contribution in [2.75, 3.05) is 12.4 Å². The molecule has 0 bridgehead atoms. The third-order valence-corrected chi connectivity index (χ3v) is 7.79. The molecule has 0 saturated carbocycles. The van der Waals surface area contributed by atoms with Crippen molar-refractivity contribution in [2.45, 2.75) is 48.5 Å². The van der Waals surface area contributed by atoms with Crippen molar-refractivity contribution in [3.63, 3.8) is 0 Å². The van der Waals surface area contributed by atoms with Gasteiger partial charge in [-0.2, -0.15) is 0 Å². The number of β-lactam (4-membered cyclic amide) rings is 1. The average molecular weight is 465 g/mol. The normalized spacial score (nSPS) is 30.5. The number of thioether (sulfide) groups is 1. The van der Waals surface area contributed by atoms with E-state index in [1.54, 1.807) is 37.3 Å². The van der Waals surface area contributed by atoms with Gasteiger partial charge in [-0.3, -0.25) is 24.1 Å². The molecule has 3 aliphatic rings. The Morgan fingerprint density at radius 2 is 1.81 bits per heavy atom. The molecule has 4 rings (SSSR count). The van der Waals surface area contributed by atoms with Crippen molar-refractivity contribution < 1.29 is 28.7 Å². The van der Waals surface area contributed by atoms with Gasteiger partial charge in [-0.15, -0.1) is 23.4 Å². The number of amides is 3. The summed E-state index contributed by atoms with van der Waals surface area (Å²) in [6.07, 6.45) is 0.904. The predicted molar refractivity (Wildman–Crippen MR) is 112 cm³/mol. The number of halogens is 1. The number of benzene rings is 1. The number of rotatable bonds is 5. The molecule has 3 amide bonds. The van der Waals surface area contributed by atoms with E-state index in [0.29, 0.717) is 17.7 Å². The molecule has 2 unspecified atom stereocenters. The standard InChI is InChI=1S/C21H21ClN2O6S/c1-21(22)11-31-19-16(23-14(26)8-5-9-15(23)27)18(28)24(19)17(21)20(29)30-10-13(25)12-6-3-2-4-7-12/h2-4,6-7,16-17,19H,5,8-11H2,1H3/t16?,17?,19-,21+/m0/s1. The Labute approximate surface area is 188 Å². The van der Waals surface area contributed by atoms with Crippen molar-refractivity contribution >= 4 is 52.8 Å². The van der Waals surface area contributed by atoms with Gasteiger partial charge in [0.15, 0.2) is 18.4 Å². The van der Waals surface area contributed by atoms with E-state index < -0.39 is 40.8 Å². The average Bonchev–Trinajstić information content (AvgIpc) is 2.74. The van der Waals surface area contributed by atoms with Crippen molar-refractivity contribution in [1.29, 1.82) is 0 Å². The Kier molecular flexibility index (Phi) is 5.83. The summed E-state index contributed by atoms with van der Waals surface area (Å²) in [5.74, 6) is -2.10. The van der Waals surface area contributed by atoms with Crippen molar-refractivity contribution in [2.24, 2.45) is 0 Å². The van der Waals surface area contributed by atoms with Crippen LogP contribution < -0.4 is 0 Å². The number of alkyl halides is 1. The van der Waals surface area contributed by atoms with E-state index in [2.05, 4.69) is 0 Å². The molecule has 1 aromatic rings. The van der Waals surface area contributed by atoms with E-state index >= 15 is 0 Å². The first-order chi connectivity index (χ1) is 14.7. The molecular weight excluding hydrogens is 444 g/mol. The maximum Gasteiger partial charge on any atom is 0.331 e. The van der Waals surface area contributed by atoms with Crippen LogP contribution in [0, 0.1) is 0 Å². The van der Waals surface area contributed by atoms with Crippen molar-refractivity contribution in [3.05, 3.63) is 35.9 Å². The fraction of sp³-hybridized carbons (Fsp3) is 0.476. The SMILES string of the molecule is C[C@@]1(Cl)CS[C@H]2C(N3C(=O)CCCC3=O)C(=O)N2C1C(=O)OCC(=O)c1ccccc1. The molecule has 3 fully saturated rings. The summed E-state index contributed by atoms with van der Waals surface area (Å²) >= 11 is 7.89. The predicted octanol–water partition coefficient (Wildman–Crippen LogP) is 1.60. The fourth-order valence-electron chi connectivity index (χ4n) is 4.13. The minimum atomic E-state index is -1.12. The van der Waals surface area contributed by atoms with Crippen LogP contribution in [0.1, 0.15) is 36.5 Å². The van der Waals surface area contributed by atoms with Gasteiger partial charge < -0.3 is 9.64 Å². The second kappa shape index (κ2) is 8.27. The maximum absolute atomic E-state index is 13.0. The number of carbonyl (C=O) groups excluding carboxylic acids is 5. The number of hydrogen-bond donors (Lipinski definition) is 0. The van der Waals surface area contributed by atoms with Crippen LogP contribution >= 0.6 is 23.4 Å². The van der Waals surface area contributed by atoms with Crippen LogP contribution in [-0.2, 0) is 23.9 Å². The molecule has 0 spiro atoms. The molecule has 10 heteroatoms. The number of piperidine rings is 1. The number of likely N-dealkylation sites (tertiary alicyclic amines) is 1. The molecule has 3 aliphatic heterocycles. The molecule has 31 heavy (non-hydrogen) atoms. The van der Waals surface area contributed by atoms with E-state index in [4.69, 9.17) is 16.3 Å². The molecule has 164 valence electrons. The molecule has 3 saturated heterocycles. The number of Topliss-reactive ketones (excluding diaryl/α,β-unsaturated/α-hetero) is 1. The van der Waals surface area contributed by atoms with Crippen LogP contribution in [0.5, 0.6) is 0 Å². The largest absolute Gasteiger partial charge is 0.456 e. The molecule has 0 radical (unpaired) electrons. The highest BCUT2D eigenvalue weighted by Crippen LogP contribution is 2.47. The van der Waals surface area contributed by atoms with E-state index in [0.717, 1.165) is 4.90 Å². The van der Waals surface area contributed by atoms with Gasteiger partial charge in [0.05, 0.1) is 4.87 Å². The Hall–Kier alpha value is -2.39. The van der Waals surface area contributed by atoms with Gasteiger partial charge in [0.2, 0.25) is 11.8 Å². The summed E-state index contributed by atoms with van der Waals surface area (Å²) in [6, 6.07) is 6.36. The lowest BCUT2D eigenvalue weighted by molar-refractivity contribution is -0.177. The van der Waals surface area contributed by atoms with Gasteiger partial charge in [0.25, 0.3) is 5.91 Å². The molecular formula is C21H21ClN2O6S. The van der Waals surface area contributed by atoms with Gasteiger partial charge in [-0.1, -0.05) is 30.3 Å². The Morgan fingerprint density at radius 3 is 2.45 bits per heavy atom. The quantitative estimate of drug-likeness (QED) is 0.214. The number of hydrogen-bond acceptors (Lipinski definition) is 7. The molecule has 1 aromatic carbocycles. The maximum atomic E-state index is 13.0. The number of ketones is 1. The lowest BCUT2D eigenvalue weighted by Crippen LogP contribution is -2.79. The molecule has 0 aromatic heterocycles.